The molecule has 18 heavy (non-hydrogen) atoms. The Balaban J connectivity index is 2.30. The second kappa shape index (κ2) is 5.24. The van der Waals surface area contributed by atoms with Gasteiger partial charge in [-0.3, -0.25) is 4.79 Å². The van der Waals surface area contributed by atoms with Gasteiger partial charge in [-0.25, -0.2) is 4.39 Å². The number of hydrogen-bond donors (Lipinski definition) is 1. The monoisotopic (exact) mass is 270 g/mol. The Morgan fingerprint density at radius 3 is 2.94 bits per heavy atom. The van der Waals surface area contributed by atoms with Gasteiger partial charge in [0, 0.05) is 25.7 Å². The summed E-state index contributed by atoms with van der Waals surface area (Å²) in [5.41, 5.74) is 0.815. The van der Waals surface area contributed by atoms with Crippen LogP contribution in [0.4, 0.5) is 4.39 Å². The largest absolute Gasteiger partial charge is 0.333 e. The molecule has 0 aromatic heterocycles. The normalized spacial score (nSPS) is 20.0. The third-order valence-corrected chi connectivity index (χ3v) is 3.55. The molecule has 1 aromatic carbocycles. The number of carbonyl (C=O) groups excluding carboxylic acids is 1. The zero-order chi connectivity index (χ0) is 13.3. The van der Waals surface area contributed by atoms with Crippen molar-refractivity contribution in [2.45, 2.75) is 19.9 Å². The van der Waals surface area contributed by atoms with Crippen molar-refractivity contribution in [1.82, 2.24) is 10.2 Å². The summed E-state index contributed by atoms with van der Waals surface area (Å²) in [4.78, 5) is 14.2. The van der Waals surface area contributed by atoms with Crippen molar-refractivity contribution in [3.63, 3.8) is 0 Å². The van der Waals surface area contributed by atoms with Gasteiger partial charge in [-0.15, -0.1) is 0 Å². The lowest BCUT2D eigenvalue weighted by atomic mass is 10.1. The van der Waals surface area contributed by atoms with Crippen LogP contribution in [0.25, 0.3) is 0 Å². The lowest BCUT2D eigenvalue weighted by Gasteiger charge is -2.34. The molecule has 1 N–H and O–H groups in total. The number of benzene rings is 1. The van der Waals surface area contributed by atoms with Crippen LogP contribution >= 0.6 is 11.6 Å². The number of nitrogens with zero attached hydrogens (tertiary/aromatic N) is 1. The lowest BCUT2D eigenvalue weighted by molar-refractivity contribution is 0.0656. The van der Waals surface area contributed by atoms with Crippen molar-refractivity contribution in [1.29, 1.82) is 0 Å². The van der Waals surface area contributed by atoms with Gasteiger partial charge in [-0.1, -0.05) is 11.6 Å². The molecule has 3 nitrogen and oxygen atoms in total. The van der Waals surface area contributed by atoms with Gasteiger partial charge in [0.1, 0.15) is 5.82 Å². The number of halogens is 2. The van der Waals surface area contributed by atoms with Crippen molar-refractivity contribution in [3.05, 3.63) is 34.1 Å². The Kier molecular flexibility index (Phi) is 3.88. The van der Waals surface area contributed by atoms with Gasteiger partial charge in [0.15, 0.2) is 0 Å². The second-order valence-electron chi connectivity index (χ2n) is 4.63. The van der Waals surface area contributed by atoms with Crippen molar-refractivity contribution < 1.29 is 9.18 Å². The summed E-state index contributed by atoms with van der Waals surface area (Å²) in [6.07, 6.45) is 0. The average molecular weight is 271 g/mol. The number of piperazine rings is 1. The van der Waals surface area contributed by atoms with Gasteiger partial charge in [0.2, 0.25) is 0 Å². The van der Waals surface area contributed by atoms with E-state index in [0.29, 0.717) is 17.7 Å². The van der Waals surface area contributed by atoms with Gasteiger partial charge < -0.3 is 10.2 Å². The number of amides is 1. The molecule has 1 atom stereocenters. The third kappa shape index (κ3) is 2.49. The first-order valence-electron chi connectivity index (χ1n) is 5.98. The molecule has 0 radical (unpaired) electrons. The molecule has 1 fully saturated rings. The Hall–Kier alpha value is -1.13. The minimum Gasteiger partial charge on any atom is -0.333 e. The molecule has 1 unspecified atom stereocenters. The SMILES string of the molecule is Cc1cc(C(=O)N2CCNCC2C)c(Cl)cc1F. The zero-order valence-corrected chi connectivity index (χ0v) is 11.2. The van der Waals surface area contributed by atoms with Crippen LogP contribution in [0.5, 0.6) is 0 Å². The van der Waals surface area contributed by atoms with Crippen LogP contribution in [0.15, 0.2) is 12.1 Å². The third-order valence-electron chi connectivity index (χ3n) is 3.24. The van der Waals surface area contributed by atoms with Gasteiger partial charge in [-0.2, -0.15) is 0 Å². The maximum Gasteiger partial charge on any atom is 0.255 e. The molecule has 0 aliphatic carbocycles. The summed E-state index contributed by atoms with van der Waals surface area (Å²) in [6.45, 7) is 5.79. The van der Waals surface area contributed by atoms with E-state index >= 15 is 0 Å². The van der Waals surface area contributed by atoms with E-state index in [-0.39, 0.29) is 22.8 Å². The minimum absolute atomic E-state index is 0.118. The summed E-state index contributed by atoms with van der Waals surface area (Å²) in [6, 6.07) is 2.85. The first kappa shape index (κ1) is 13.3. The summed E-state index contributed by atoms with van der Waals surface area (Å²) in [5, 5.41) is 3.39. The quantitative estimate of drug-likeness (QED) is 0.849. The van der Waals surface area contributed by atoms with E-state index in [1.807, 2.05) is 6.92 Å². The highest BCUT2D eigenvalue weighted by molar-refractivity contribution is 6.33. The van der Waals surface area contributed by atoms with Crippen molar-refractivity contribution >= 4 is 17.5 Å². The summed E-state index contributed by atoms with van der Waals surface area (Å²) in [5.74, 6) is -0.512. The average Bonchev–Trinajstić information content (AvgIpc) is 2.33. The molecule has 5 heteroatoms. The molecule has 1 aromatic rings. The summed E-state index contributed by atoms with van der Waals surface area (Å²) < 4.78 is 13.3. The van der Waals surface area contributed by atoms with Crippen LogP contribution in [-0.4, -0.2) is 36.5 Å². The Labute approximate surface area is 111 Å². The van der Waals surface area contributed by atoms with E-state index in [4.69, 9.17) is 11.6 Å². The molecule has 2 rings (SSSR count). The van der Waals surface area contributed by atoms with E-state index < -0.39 is 0 Å². The van der Waals surface area contributed by atoms with E-state index in [1.54, 1.807) is 11.8 Å². The van der Waals surface area contributed by atoms with Crippen LogP contribution in [0.3, 0.4) is 0 Å². The maximum atomic E-state index is 13.3. The van der Waals surface area contributed by atoms with Crippen LogP contribution in [0, 0.1) is 12.7 Å². The van der Waals surface area contributed by atoms with E-state index in [2.05, 4.69) is 5.32 Å². The molecule has 1 amide bonds. The van der Waals surface area contributed by atoms with Crippen molar-refractivity contribution in [2.24, 2.45) is 0 Å². The van der Waals surface area contributed by atoms with Crippen LogP contribution in [-0.2, 0) is 0 Å². The fourth-order valence-electron chi connectivity index (χ4n) is 2.12. The molecule has 1 saturated heterocycles. The molecular formula is C13H16ClFN2O. The number of hydrogen-bond acceptors (Lipinski definition) is 2. The fraction of sp³-hybridized carbons (Fsp3) is 0.462. The first-order chi connectivity index (χ1) is 8.50. The number of carbonyl (C=O) groups is 1. The predicted octanol–water partition coefficient (Wildman–Crippen LogP) is 2.22. The predicted molar refractivity (Wildman–Crippen MR) is 69.5 cm³/mol. The van der Waals surface area contributed by atoms with Crippen LogP contribution in [0.2, 0.25) is 5.02 Å². The Morgan fingerprint density at radius 2 is 2.28 bits per heavy atom. The van der Waals surface area contributed by atoms with Crippen LogP contribution in [0.1, 0.15) is 22.8 Å². The summed E-state index contributed by atoms with van der Waals surface area (Å²) >= 11 is 5.96. The van der Waals surface area contributed by atoms with Gasteiger partial charge >= 0.3 is 0 Å². The highest BCUT2D eigenvalue weighted by Crippen LogP contribution is 2.23. The van der Waals surface area contributed by atoms with Crippen molar-refractivity contribution in [3.8, 4) is 0 Å². The number of rotatable bonds is 1. The van der Waals surface area contributed by atoms with Gasteiger partial charge in [0.05, 0.1) is 10.6 Å². The smallest absolute Gasteiger partial charge is 0.255 e. The number of nitrogens with one attached hydrogen (secondary N) is 1. The molecule has 0 spiro atoms. The van der Waals surface area contributed by atoms with Gasteiger partial charge in [0.25, 0.3) is 5.91 Å². The molecular weight excluding hydrogens is 255 g/mol. The number of aryl methyl sites for hydroxylation is 1. The Morgan fingerprint density at radius 1 is 1.56 bits per heavy atom. The maximum absolute atomic E-state index is 13.3. The Bertz CT molecular complexity index is 478. The molecule has 1 aliphatic heterocycles. The molecule has 0 bridgehead atoms. The van der Waals surface area contributed by atoms with Crippen molar-refractivity contribution in [2.75, 3.05) is 19.6 Å². The standard InChI is InChI=1S/C13H16ClFN2O/c1-8-5-10(11(14)6-12(8)15)13(18)17-4-3-16-7-9(17)2/h5-6,9,16H,3-4,7H2,1-2H3. The molecule has 1 aliphatic rings. The highest BCUT2D eigenvalue weighted by Gasteiger charge is 2.25. The van der Waals surface area contributed by atoms with E-state index in [0.717, 1.165) is 13.1 Å². The topological polar surface area (TPSA) is 32.3 Å². The molecule has 0 saturated carbocycles. The van der Waals surface area contributed by atoms with Gasteiger partial charge in [-0.05, 0) is 31.5 Å². The first-order valence-corrected chi connectivity index (χ1v) is 6.36. The fourth-order valence-corrected chi connectivity index (χ4v) is 2.35. The minimum atomic E-state index is -0.384. The summed E-state index contributed by atoms with van der Waals surface area (Å²) in [7, 11) is 0. The van der Waals surface area contributed by atoms with E-state index in [1.165, 1.54) is 12.1 Å². The lowest BCUT2D eigenvalue weighted by Crippen LogP contribution is -2.52. The van der Waals surface area contributed by atoms with Crippen LogP contribution < -0.4 is 5.32 Å². The second-order valence-corrected chi connectivity index (χ2v) is 5.04. The highest BCUT2D eigenvalue weighted by atomic mass is 35.5. The molecule has 1 heterocycles. The zero-order valence-electron chi connectivity index (χ0n) is 10.5. The molecule has 98 valence electrons. The van der Waals surface area contributed by atoms with E-state index in [9.17, 15) is 9.18 Å².